The van der Waals surface area contributed by atoms with Gasteiger partial charge in [0.25, 0.3) is 0 Å². The number of carbonyl (C=O) groups is 2. The van der Waals surface area contributed by atoms with E-state index in [2.05, 4.69) is 0 Å². The number of hydrogen-bond acceptors (Lipinski definition) is 4. The average molecular weight is 206 g/mol. The van der Waals surface area contributed by atoms with Gasteiger partial charge in [0.2, 0.25) is 0 Å². The number of carboxylic acid groups (broad SMARTS) is 1. The minimum absolute atomic E-state index is 0.0370. The molecule has 5 nitrogen and oxygen atoms in total. The Morgan fingerprint density at radius 2 is 1.43 bits per heavy atom. The van der Waals surface area contributed by atoms with Crippen LogP contribution < -0.4 is 0 Å². The molecule has 3 N–H and O–H groups in total. The number of carbonyl (C=O) groups excluding carboxylic acids is 1. The van der Waals surface area contributed by atoms with Crippen molar-refractivity contribution in [2.45, 2.75) is 45.8 Å². The SMILES string of the molecule is CC(=O)C[C@@H](C)O.C[C@@H](O)CC(=O)O. The zero-order valence-electron chi connectivity index (χ0n) is 8.73. The van der Waals surface area contributed by atoms with E-state index in [0.717, 1.165) is 0 Å². The molecule has 2 atom stereocenters. The number of hydrogen-bond donors (Lipinski definition) is 3. The number of aliphatic hydroxyl groups excluding tert-OH is 2. The van der Waals surface area contributed by atoms with E-state index in [4.69, 9.17) is 15.3 Å². The monoisotopic (exact) mass is 206 g/mol. The third-order valence-electron chi connectivity index (χ3n) is 1.05. The molecule has 0 aromatic heterocycles. The van der Waals surface area contributed by atoms with E-state index < -0.39 is 18.2 Å². The fraction of sp³-hybridized carbons (Fsp3) is 0.778. The molecule has 0 saturated carbocycles. The maximum atomic E-state index is 10.1. The third kappa shape index (κ3) is 22.5. The maximum Gasteiger partial charge on any atom is 0.305 e. The molecule has 0 aliphatic rings. The number of aliphatic hydroxyl groups is 2. The Balaban J connectivity index is 0. The van der Waals surface area contributed by atoms with Crippen LogP contribution in [0, 0.1) is 0 Å². The molecular weight excluding hydrogens is 188 g/mol. The smallest absolute Gasteiger partial charge is 0.305 e. The first kappa shape index (κ1) is 15.5. The Labute approximate surface area is 83.4 Å². The van der Waals surface area contributed by atoms with Crippen LogP contribution >= 0.6 is 0 Å². The van der Waals surface area contributed by atoms with Crippen LogP contribution in [0.15, 0.2) is 0 Å². The molecule has 0 fully saturated rings. The van der Waals surface area contributed by atoms with Crippen LogP contribution in [0.2, 0.25) is 0 Å². The van der Waals surface area contributed by atoms with Gasteiger partial charge in [0.1, 0.15) is 5.78 Å². The van der Waals surface area contributed by atoms with Crippen LogP contribution in [0.25, 0.3) is 0 Å². The number of carboxylic acids is 1. The van der Waals surface area contributed by atoms with E-state index in [0.29, 0.717) is 0 Å². The van der Waals surface area contributed by atoms with Crippen LogP contribution in [0.1, 0.15) is 33.6 Å². The molecule has 0 rings (SSSR count). The van der Waals surface area contributed by atoms with Crippen molar-refractivity contribution in [3.05, 3.63) is 0 Å². The highest BCUT2D eigenvalue weighted by atomic mass is 16.4. The third-order valence-corrected chi connectivity index (χ3v) is 1.05. The fourth-order valence-corrected chi connectivity index (χ4v) is 0.669. The molecule has 84 valence electrons. The summed E-state index contributed by atoms with van der Waals surface area (Å²) in [5.41, 5.74) is 0. The van der Waals surface area contributed by atoms with E-state index in [1.165, 1.54) is 13.8 Å². The van der Waals surface area contributed by atoms with Gasteiger partial charge in [0.15, 0.2) is 0 Å². The first-order chi connectivity index (χ1) is 6.25. The number of Topliss-reactive ketones (excluding diaryl/α,β-unsaturated/α-hetero) is 1. The Bertz CT molecular complexity index is 154. The van der Waals surface area contributed by atoms with Gasteiger partial charge >= 0.3 is 5.97 Å². The van der Waals surface area contributed by atoms with Gasteiger partial charge in [0, 0.05) is 6.42 Å². The fourth-order valence-electron chi connectivity index (χ4n) is 0.669. The van der Waals surface area contributed by atoms with Crippen LogP contribution in [0.4, 0.5) is 0 Å². The van der Waals surface area contributed by atoms with Crippen molar-refractivity contribution >= 4 is 11.8 Å². The molecular formula is C9H18O5. The summed E-state index contributed by atoms with van der Waals surface area (Å²) in [6.45, 7) is 4.50. The predicted molar refractivity (Wildman–Crippen MR) is 50.9 cm³/mol. The molecule has 0 aromatic carbocycles. The van der Waals surface area contributed by atoms with Gasteiger partial charge in [-0.25, -0.2) is 0 Å². The second-order valence-corrected chi connectivity index (χ2v) is 3.20. The lowest BCUT2D eigenvalue weighted by Crippen LogP contribution is -2.07. The van der Waals surface area contributed by atoms with Gasteiger partial charge in [-0.15, -0.1) is 0 Å². The number of aliphatic carboxylic acids is 1. The van der Waals surface area contributed by atoms with Gasteiger partial charge in [-0.05, 0) is 20.8 Å². The second-order valence-electron chi connectivity index (χ2n) is 3.20. The Hall–Kier alpha value is -0.940. The van der Waals surface area contributed by atoms with Crippen LogP contribution in [-0.4, -0.2) is 39.3 Å². The van der Waals surface area contributed by atoms with Gasteiger partial charge in [-0.2, -0.15) is 0 Å². The van der Waals surface area contributed by atoms with Crippen LogP contribution in [0.5, 0.6) is 0 Å². The zero-order valence-corrected chi connectivity index (χ0v) is 8.73. The van der Waals surface area contributed by atoms with Gasteiger partial charge in [-0.1, -0.05) is 0 Å². The molecule has 0 spiro atoms. The molecule has 0 aromatic rings. The normalized spacial score (nSPS) is 13.5. The second kappa shape index (κ2) is 8.65. The predicted octanol–water partition coefficient (Wildman–Crippen LogP) is 0.188. The Morgan fingerprint density at radius 1 is 1.07 bits per heavy atom. The summed E-state index contributed by atoms with van der Waals surface area (Å²) in [7, 11) is 0. The van der Waals surface area contributed by atoms with E-state index in [1.54, 1.807) is 6.92 Å². The minimum Gasteiger partial charge on any atom is -0.481 e. The topological polar surface area (TPSA) is 94.8 Å². The maximum absolute atomic E-state index is 10.1. The molecule has 0 saturated heterocycles. The van der Waals surface area contributed by atoms with Crippen molar-refractivity contribution in [3.8, 4) is 0 Å². The highest BCUT2D eigenvalue weighted by molar-refractivity contribution is 5.75. The molecule has 14 heavy (non-hydrogen) atoms. The lowest BCUT2D eigenvalue weighted by atomic mass is 10.2. The molecule has 0 unspecified atom stereocenters. The molecule has 0 aliphatic carbocycles. The van der Waals surface area contributed by atoms with Crippen LogP contribution in [0.3, 0.4) is 0 Å². The van der Waals surface area contributed by atoms with E-state index in [9.17, 15) is 9.59 Å². The number of rotatable bonds is 4. The van der Waals surface area contributed by atoms with Crippen molar-refractivity contribution in [2.75, 3.05) is 0 Å². The summed E-state index contributed by atoms with van der Waals surface area (Å²) in [5.74, 6) is -0.926. The van der Waals surface area contributed by atoms with E-state index >= 15 is 0 Å². The molecule has 0 radical (unpaired) electrons. The van der Waals surface area contributed by atoms with Crippen molar-refractivity contribution in [3.63, 3.8) is 0 Å². The first-order valence-corrected chi connectivity index (χ1v) is 4.33. The lowest BCUT2D eigenvalue weighted by molar-refractivity contribution is -0.138. The average Bonchev–Trinajstić information content (AvgIpc) is 1.79. The quantitative estimate of drug-likeness (QED) is 0.610. The van der Waals surface area contributed by atoms with Gasteiger partial charge < -0.3 is 15.3 Å². The molecule has 0 amide bonds. The molecule has 0 bridgehead atoms. The summed E-state index contributed by atoms with van der Waals surface area (Å²) < 4.78 is 0. The molecule has 0 aliphatic heterocycles. The first-order valence-electron chi connectivity index (χ1n) is 4.33. The minimum atomic E-state index is -0.963. The standard InChI is InChI=1S/C5H10O2.C4H8O3/c1-4(6)3-5(2)7;1-3(5)2-4(6)7/h4,6H,3H2,1-2H3;3,5H,2H2,1H3,(H,6,7)/t4-;3-/m11/s1. The van der Waals surface area contributed by atoms with E-state index in [-0.39, 0.29) is 18.6 Å². The van der Waals surface area contributed by atoms with Gasteiger partial charge in [-0.3, -0.25) is 9.59 Å². The summed E-state index contributed by atoms with van der Waals surface area (Å²) in [5, 5.41) is 24.8. The lowest BCUT2D eigenvalue weighted by Gasteiger charge is -1.95. The summed E-state index contributed by atoms with van der Waals surface area (Å²) in [6.07, 6.45) is -1.09. The number of ketones is 1. The van der Waals surface area contributed by atoms with Crippen molar-refractivity contribution in [2.24, 2.45) is 0 Å². The largest absolute Gasteiger partial charge is 0.481 e. The molecule has 5 heteroatoms. The summed E-state index contributed by atoms with van der Waals surface area (Å²) >= 11 is 0. The zero-order chi connectivity index (χ0) is 11.7. The highest BCUT2D eigenvalue weighted by Gasteiger charge is 2.00. The van der Waals surface area contributed by atoms with E-state index in [1.807, 2.05) is 0 Å². The Kier molecular flexibility index (Phi) is 9.59. The summed E-state index contributed by atoms with van der Waals surface area (Å²) in [4.78, 5) is 19.7. The molecule has 0 heterocycles. The van der Waals surface area contributed by atoms with Crippen molar-refractivity contribution in [1.29, 1.82) is 0 Å². The van der Waals surface area contributed by atoms with Crippen molar-refractivity contribution < 1.29 is 24.9 Å². The highest BCUT2D eigenvalue weighted by Crippen LogP contribution is 1.87. The van der Waals surface area contributed by atoms with Crippen molar-refractivity contribution in [1.82, 2.24) is 0 Å². The Morgan fingerprint density at radius 3 is 1.43 bits per heavy atom. The van der Waals surface area contributed by atoms with Crippen LogP contribution in [-0.2, 0) is 9.59 Å². The van der Waals surface area contributed by atoms with Gasteiger partial charge in [0.05, 0.1) is 18.6 Å². The summed E-state index contributed by atoms with van der Waals surface area (Å²) in [6, 6.07) is 0.